The number of ether oxygens (including phenoxy) is 1. The lowest BCUT2D eigenvalue weighted by atomic mass is 10.4. The molecular formula is C6H6N2O4. The lowest BCUT2D eigenvalue weighted by Gasteiger charge is -1.99. The van der Waals surface area contributed by atoms with E-state index in [0.717, 1.165) is 6.07 Å². The first-order chi connectivity index (χ1) is 5.66. The van der Waals surface area contributed by atoms with Gasteiger partial charge in [0.2, 0.25) is 5.75 Å². The summed E-state index contributed by atoms with van der Waals surface area (Å²) in [4.78, 5) is 13.1. The van der Waals surface area contributed by atoms with E-state index in [1.807, 2.05) is 0 Å². The van der Waals surface area contributed by atoms with Crippen LogP contribution in [0, 0.1) is 10.1 Å². The van der Waals surface area contributed by atoms with E-state index in [1.165, 1.54) is 13.3 Å². The molecule has 0 saturated carbocycles. The van der Waals surface area contributed by atoms with Crippen LogP contribution in [0.15, 0.2) is 12.3 Å². The van der Waals surface area contributed by atoms with Crippen LogP contribution in [0.5, 0.6) is 11.6 Å². The van der Waals surface area contributed by atoms with Crippen molar-refractivity contribution in [2.45, 2.75) is 0 Å². The quantitative estimate of drug-likeness (QED) is 0.521. The van der Waals surface area contributed by atoms with E-state index in [0.29, 0.717) is 0 Å². The van der Waals surface area contributed by atoms with Gasteiger partial charge in [0.1, 0.15) is 0 Å². The molecule has 1 N–H and O–H groups in total. The van der Waals surface area contributed by atoms with Crippen LogP contribution in [0.4, 0.5) is 5.69 Å². The molecule has 1 rings (SSSR count). The molecule has 0 saturated heterocycles. The van der Waals surface area contributed by atoms with E-state index in [1.54, 1.807) is 0 Å². The highest BCUT2D eigenvalue weighted by Gasteiger charge is 2.21. The van der Waals surface area contributed by atoms with Crippen LogP contribution in [-0.4, -0.2) is 22.1 Å². The fourth-order valence-electron chi connectivity index (χ4n) is 0.746. The number of nitrogens with zero attached hydrogens (tertiary/aromatic N) is 2. The summed E-state index contributed by atoms with van der Waals surface area (Å²) in [6, 6.07) is 1.13. The summed E-state index contributed by atoms with van der Waals surface area (Å²) in [5, 5.41) is 19.4. The van der Waals surface area contributed by atoms with Crippen molar-refractivity contribution < 1.29 is 14.8 Å². The molecule has 0 spiro atoms. The molecule has 6 nitrogen and oxygen atoms in total. The van der Waals surface area contributed by atoms with Gasteiger partial charge in [0.05, 0.1) is 12.0 Å². The third-order valence-electron chi connectivity index (χ3n) is 1.25. The molecule has 1 aromatic heterocycles. The normalized spacial score (nSPS) is 9.42. The van der Waals surface area contributed by atoms with Crippen molar-refractivity contribution in [1.29, 1.82) is 0 Å². The van der Waals surface area contributed by atoms with Crippen LogP contribution in [0.25, 0.3) is 0 Å². The number of aromatic nitrogens is 1. The monoisotopic (exact) mass is 170 g/mol. The number of nitro groups is 1. The van der Waals surface area contributed by atoms with Crippen molar-refractivity contribution in [3.63, 3.8) is 0 Å². The standard InChI is InChI=1S/C6H6N2O4/c1-12-6-5(8(10)11)4(9)2-3-7-6/h2-3H,1H3,(H,7,9). The van der Waals surface area contributed by atoms with Gasteiger partial charge in [0.15, 0.2) is 0 Å². The van der Waals surface area contributed by atoms with Gasteiger partial charge in [-0.2, -0.15) is 0 Å². The summed E-state index contributed by atoms with van der Waals surface area (Å²) in [6.45, 7) is 0. The molecule has 0 aliphatic carbocycles. The van der Waals surface area contributed by atoms with E-state index in [4.69, 9.17) is 5.11 Å². The van der Waals surface area contributed by atoms with E-state index in [2.05, 4.69) is 9.72 Å². The van der Waals surface area contributed by atoms with E-state index in [9.17, 15) is 10.1 Å². The average molecular weight is 170 g/mol. The summed E-state index contributed by atoms with van der Waals surface area (Å²) in [6.07, 6.45) is 1.22. The Bertz CT molecular complexity index is 312. The molecule has 0 aromatic carbocycles. The van der Waals surface area contributed by atoms with Gasteiger partial charge >= 0.3 is 5.69 Å². The second kappa shape index (κ2) is 3.04. The molecule has 0 bridgehead atoms. The van der Waals surface area contributed by atoms with Gasteiger partial charge in [-0.15, -0.1) is 0 Å². The van der Waals surface area contributed by atoms with E-state index >= 15 is 0 Å². The van der Waals surface area contributed by atoms with Gasteiger partial charge in [-0.3, -0.25) is 10.1 Å². The molecular weight excluding hydrogens is 164 g/mol. The first-order valence-corrected chi connectivity index (χ1v) is 3.03. The highest BCUT2D eigenvalue weighted by molar-refractivity contribution is 5.51. The molecule has 0 atom stereocenters. The van der Waals surface area contributed by atoms with Gasteiger partial charge in [-0.05, 0) is 0 Å². The Kier molecular flexibility index (Phi) is 2.09. The number of aromatic hydroxyl groups is 1. The summed E-state index contributed by atoms with van der Waals surface area (Å²) >= 11 is 0. The topological polar surface area (TPSA) is 85.5 Å². The van der Waals surface area contributed by atoms with E-state index < -0.39 is 16.4 Å². The van der Waals surface area contributed by atoms with Crippen molar-refractivity contribution in [1.82, 2.24) is 4.98 Å². The fourth-order valence-corrected chi connectivity index (χ4v) is 0.746. The highest BCUT2D eigenvalue weighted by atomic mass is 16.6. The Hall–Kier alpha value is -1.85. The molecule has 6 heteroatoms. The van der Waals surface area contributed by atoms with E-state index in [-0.39, 0.29) is 5.88 Å². The lowest BCUT2D eigenvalue weighted by Crippen LogP contribution is -1.95. The molecule has 0 radical (unpaired) electrons. The molecule has 1 aromatic rings. The SMILES string of the molecule is COc1nccc(O)c1[N+](=O)[O-]. The number of rotatable bonds is 2. The Morgan fingerprint density at radius 2 is 2.42 bits per heavy atom. The Morgan fingerprint density at radius 3 is 2.83 bits per heavy atom. The van der Waals surface area contributed by atoms with Gasteiger partial charge in [0, 0.05) is 12.3 Å². The van der Waals surface area contributed by atoms with Crippen molar-refractivity contribution >= 4 is 5.69 Å². The minimum Gasteiger partial charge on any atom is -0.502 e. The minimum atomic E-state index is -0.749. The van der Waals surface area contributed by atoms with Gasteiger partial charge in [0.25, 0.3) is 5.88 Å². The molecule has 0 aliphatic heterocycles. The first kappa shape index (κ1) is 8.25. The van der Waals surface area contributed by atoms with Crippen molar-refractivity contribution in [2.24, 2.45) is 0 Å². The molecule has 1 heterocycles. The van der Waals surface area contributed by atoms with Crippen LogP contribution in [0.2, 0.25) is 0 Å². The van der Waals surface area contributed by atoms with Gasteiger partial charge in [-0.1, -0.05) is 0 Å². The lowest BCUT2D eigenvalue weighted by molar-refractivity contribution is -0.387. The van der Waals surface area contributed by atoms with Crippen LogP contribution in [-0.2, 0) is 0 Å². The predicted octanol–water partition coefficient (Wildman–Crippen LogP) is 0.704. The van der Waals surface area contributed by atoms with Crippen LogP contribution >= 0.6 is 0 Å². The summed E-state index contributed by atoms with van der Waals surface area (Å²) in [7, 11) is 1.24. The molecule has 0 fully saturated rings. The zero-order valence-corrected chi connectivity index (χ0v) is 6.22. The highest BCUT2D eigenvalue weighted by Crippen LogP contribution is 2.32. The smallest absolute Gasteiger partial charge is 0.372 e. The van der Waals surface area contributed by atoms with Crippen LogP contribution in [0.3, 0.4) is 0 Å². The number of hydrogen-bond donors (Lipinski definition) is 1. The molecule has 0 amide bonds. The minimum absolute atomic E-state index is 0.194. The number of pyridine rings is 1. The summed E-state index contributed by atoms with van der Waals surface area (Å²) in [5.74, 6) is -0.646. The second-order valence-corrected chi connectivity index (χ2v) is 1.95. The van der Waals surface area contributed by atoms with Crippen molar-refractivity contribution in [2.75, 3.05) is 7.11 Å². The number of hydrogen-bond acceptors (Lipinski definition) is 5. The van der Waals surface area contributed by atoms with Gasteiger partial charge in [-0.25, -0.2) is 4.98 Å². The molecule has 12 heavy (non-hydrogen) atoms. The van der Waals surface area contributed by atoms with Crippen molar-refractivity contribution in [3.05, 3.63) is 22.4 Å². The summed E-state index contributed by atoms with van der Waals surface area (Å²) < 4.78 is 4.57. The Morgan fingerprint density at radius 1 is 1.75 bits per heavy atom. The first-order valence-electron chi connectivity index (χ1n) is 3.03. The van der Waals surface area contributed by atoms with Gasteiger partial charge < -0.3 is 9.84 Å². The third kappa shape index (κ3) is 1.26. The zero-order valence-electron chi connectivity index (χ0n) is 6.22. The Labute approximate surface area is 67.6 Å². The predicted molar refractivity (Wildman–Crippen MR) is 39.1 cm³/mol. The largest absolute Gasteiger partial charge is 0.502 e. The maximum absolute atomic E-state index is 10.3. The molecule has 0 aliphatic rings. The second-order valence-electron chi connectivity index (χ2n) is 1.95. The molecule has 64 valence electrons. The van der Waals surface area contributed by atoms with Crippen LogP contribution < -0.4 is 4.74 Å². The third-order valence-corrected chi connectivity index (χ3v) is 1.25. The summed E-state index contributed by atoms with van der Waals surface area (Å²) in [5.41, 5.74) is -0.514. The fraction of sp³-hybridized carbons (Fsp3) is 0.167. The Balaban J connectivity index is 3.29. The maximum Gasteiger partial charge on any atom is 0.372 e. The number of methoxy groups -OCH3 is 1. The maximum atomic E-state index is 10.3. The average Bonchev–Trinajstić information content (AvgIpc) is 2.03. The van der Waals surface area contributed by atoms with Crippen molar-refractivity contribution in [3.8, 4) is 11.6 Å². The zero-order chi connectivity index (χ0) is 9.14. The molecule has 0 unspecified atom stereocenters. The van der Waals surface area contributed by atoms with Crippen LogP contribution in [0.1, 0.15) is 0 Å².